The number of rotatable bonds is 4. The standard InChI is InChI=1S/C12H14O4S/c1-3-15-11(13)8-5-9(7-10(17)6-8)12(14)16-4-2/h5-7,17H,3-4H2,1-2H3. The summed E-state index contributed by atoms with van der Waals surface area (Å²) in [7, 11) is 0. The maximum absolute atomic E-state index is 11.5. The van der Waals surface area contributed by atoms with Crippen LogP contribution >= 0.6 is 12.6 Å². The molecule has 0 amide bonds. The minimum Gasteiger partial charge on any atom is -0.462 e. The van der Waals surface area contributed by atoms with Crippen molar-refractivity contribution in [2.24, 2.45) is 0 Å². The highest BCUT2D eigenvalue weighted by atomic mass is 32.1. The van der Waals surface area contributed by atoms with E-state index in [0.29, 0.717) is 16.0 Å². The Morgan fingerprint density at radius 2 is 1.41 bits per heavy atom. The number of hydrogen-bond donors (Lipinski definition) is 1. The normalized spacial score (nSPS) is 9.82. The van der Waals surface area contributed by atoms with Gasteiger partial charge in [0.1, 0.15) is 0 Å². The molecule has 0 saturated heterocycles. The molecule has 0 aliphatic heterocycles. The number of ether oxygens (including phenoxy) is 2. The molecule has 0 heterocycles. The van der Waals surface area contributed by atoms with Gasteiger partial charge >= 0.3 is 11.9 Å². The van der Waals surface area contributed by atoms with Crippen LogP contribution in [-0.2, 0) is 9.47 Å². The van der Waals surface area contributed by atoms with Crippen molar-refractivity contribution in [3.8, 4) is 0 Å². The van der Waals surface area contributed by atoms with Crippen LogP contribution in [0.3, 0.4) is 0 Å². The number of esters is 2. The van der Waals surface area contributed by atoms with Gasteiger partial charge in [-0.05, 0) is 32.0 Å². The van der Waals surface area contributed by atoms with Crippen LogP contribution in [0.15, 0.2) is 23.1 Å². The average molecular weight is 254 g/mol. The van der Waals surface area contributed by atoms with E-state index in [9.17, 15) is 9.59 Å². The maximum atomic E-state index is 11.5. The topological polar surface area (TPSA) is 52.6 Å². The second kappa shape index (κ2) is 6.30. The Kier molecular flexibility index (Phi) is 5.03. The van der Waals surface area contributed by atoms with Gasteiger partial charge in [0.05, 0.1) is 24.3 Å². The van der Waals surface area contributed by atoms with E-state index in [-0.39, 0.29) is 13.2 Å². The van der Waals surface area contributed by atoms with Crippen LogP contribution in [0, 0.1) is 0 Å². The molecule has 0 aromatic heterocycles. The summed E-state index contributed by atoms with van der Waals surface area (Å²) in [5.74, 6) is -0.956. The Bertz CT molecular complexity index is 392. The lowest BCUT2D eigenvalue weighted by molar-refractivity contribution is 0.0524. The first-order valence-electron chi connectivity index (χ1n) is 5.26. The highest BCUT2D eigenvalue weighted by molar-refractivity contribution is 7.80. The molecule has 92 valence electrons. The first-order chi connectivity index (χ1) is 8.08. The van der Waals surface area contributed by atoms with E-state index in [1.165, 1.54) is 6.07 Å². The maximum Gasteiger partial charge on any atom is 0.338 e. The Morgan fingerprint density at radius 1 is 1.00 bits per heavy atom. The number of carbonyl (C=O) groups is 2. The number of carbonyl (C=O) groups excluding carboxylic acids is 2. The SMILES string of the molecule is CCOC(=O)c1cc(S)cc(C(=O)OCC)c1. The van der Waals surface area contributed by atoms with Crippen molar-refractivity contribution >= 4 is 24.6 Å². The van der Waals surface area contributed by atoms with E-state index >= 15 is 0 Å². The molecule has 0 saturated carbocycles. The number of thiol groups is 1. The molecule has 5 heteroatoms. The Balaban J connectivity index is 3.01. The Labute approximate surface area is 105 Å². The molecule has 1 aromatic carbocycles. The van der Waals surface area contributed by atoms with Gasteiger partial charge in [0.2, 0.25) is 0 Å². The zero-order valence-corrected chi connectivity index (χ0v) is 10.6. The minimum atomic E-state index is -0.478. The van der Waals surface area contributed by atoms with Gasteiger partial charge in [0.25, 0.3) is 0 Å². The van der Waals surface area contributed by atoms with Crippen LogP contribution in [0.1, 0.15) is 34.6 Å². The Morgan fingerprint density at radius 3 is 1.76 bits per heavy atom. The minimum absolute atomic E-state index is 0.282. The summed E-state index contributed by atoms with van der Waals surface area (Å²) in [4.78, 5) is 23.6. The van der Waals surface area contributed by atoms with Gasteiger partial charge in [0.15, 0.2) is 0 Å². The van der Waals surface area contributed by atoms with Crippen molar-refractivity contribution in [3.63, 3.8) is 0 Å². The third kappa shape index (κ3) is 3.78. The summed E-state index contributed by atoms with van der Waals surface area (Å²) in [6, 6.07) is 4.53. The zero-order valence-electron chi connectivity index (χ0n) is 9.73. The molecule has 0 aliphatic rings. The molecule has 0 radical (unpaired) electrons. The monoisotopic (exact) mass is 254 g/mol. The van der Waals surface area contributed by atoms with Crippen molar-refractivity contribution in [1.82, 2.24) is 0 Å². The fourth-order valence-corrected chi connectivity index (χ4v) is 1.55. The molecular weight excluding hydrogens is 240 g/mol. The van der Waals surface area contributed by atoms with Gasteiger partial charge in [0, 0.05) is 4.90 Å². The molecule has 0 spiro atoms. The van der Waals surface area contributed by atoms with E-state index in [1.54, 1.807) is 26.0 Å². The zero-order chi connectivity index (χ0) is 12.8. The van der Waals surface area contributed by atoms with Crippen LogP contribution in [-0.4, -0.2) is 25.2 Å². The quantitative estimate of drug-likeness (QED) is 0.662. The molecule has 0 fully saturated rings. The van der Waals surface area contributed by atoms with Gasteiger partial charge in [-0.25, -0.2) is 9.59 Å². The molecule has 0 aliphatic carbocycles. The van der Waals surface area contributed by atoms with Crippen LogP contribution < -0.4 is 0 Å². The van der Waals surface area contributed by atoms with Crippen molar-refractivity contribution in [1.29, 1.82) is 0 Å². The first kappa shape index (κ1) is 13.6. The second-order valence-corrected chi connectivity index (χ2v) is 3.73. The molecule has 1 rings (SSSR count). The Hall–Kier alpha value is -1.49. The van der Waals surface area contributed by atoms with E-state index < -0.39 is 11.9 Å². The van der Waals surface area contributed by atoms with Crippen molar-refractivity contribution in [2.75, 3.05) is 13.2 Å². The fourth-order valence-electron chi connectivity index (χ4n) is 1.28. The van der Waals surface area contributed by atoms with E-state index in [1.807, 2.05) is 0 Å². The fraction of sp³-hybridized carbons (Fsp3) is 0.333. The van der Waals surface area contributed by atoms with E-state index in [2.05, 4.69) is 12.6 Å². The second-order valence-electron chi connectivity index (χ2n) is 3.21. The molecule has 4 nitrogen and oxygen atoms in total. The van der Waals surface area contributed by atoms with E-state index in [0.717, 1.165) is 0 Å². The third-order valence-corrected chi connectivity index (χ3v) is 2.20. The average Bonchev–Trinajstić information content (AvgIpc) is 2.29. The summed E-state index contributed by atoms with van der Waals surface area (Å²) < 4.78 is 9.71. The third-order valence-electron chi connectivity index (χ3n) is 1.94. The van der Waals surface area contributed by atoms with Crippen molar-refractivity contribution in [3.05, 3.63) is 29.3 Å². The predicted octanol–water partition coefficient (Wildman–Crippen LogP) is 2.33. The van der Waals surface area contributed by atoms with Crippen molar-refractivity contribution in [2.45, 2.75) is 18.7 Å². The van der Waals surface area contributed by atoms with Crippen LogP contribution in [0.4, 0.5) is 0 Å². The van der Waals surface area contributed by atoms with Gasteiger partial charge in [-0.1, -0.05) is 0 Å². The highest BCUT2D eigenvalue weighted by Gasteiger charge is 2.13. The van der Waals surface area contributed by atoms with E-state index in [4.69, 9.17) is 9.47 Å². The molecule has 1 aromatic rings. The lowest BCUT2D eigenvalue weighted by Crippen LogP contribution is -2.09. The molecule has 0 N–H and O–H groups in total. The van der Waals surface area contributed by atoms with Gasteiger partial charge in [-0.15, -0.1) is 12.6 Å². The number of hydrogen-bond acceptors (Lipinski definition) is 5. The number of benzene rings is 1. The van der Waals surface area contributed by atoms with Gasteiger partial charge < -0.3 is 9.47 Å². The smallest absolute Gasteiger partial charge is 0.338 e. The van der Waals surface area contributed by atoms with Crippen LogP contribution in [0.25, 0.3) is 0 Å². The highest BCUT2D eigenvalue weighted by Crippen LogP contribution is 2.15. The van der Waals surface area contributed by atoms with Crippen LogP contribution in [0.2, 0.25) is 0 Å². The predicted molar refractivity (Wildman–Crippen MR) is 65.6 cm³/mol. The van der Waals surface area contributed by atoms with Gasteiger partial charge in [-0.3, -0.25) is 0 Å². The van der Waals surface area contributed by atoms with Crippen LogP contribution in [0.5, 0.6) is 0 Å². The molecular formula is C12H14O4S. The first-order valence-corrected chi connectivity index (χ1v) is 5.71. The largest absolute Gasteiger partial charge is 0.462 e. The molecule has 0 atom stereocenters. The molecule has 17 heavy (non-hydrogen) atoms. The molecule has 0 unspecified atom stereocenters. The van der Waals surface area contributed by atoms with Crippen molar-refractivity contribution < 1.29 is 19.1 Å². The summed E-state index contributed by atoms with van der Waals surface area (Å²) in [6.45, 7) is 4.00. The molecule has 0 bridgehead atoms. The lowest BCUT2D eigenvalue weighted by atomic mass is 10.1. The van der Waals surface area contributed by atoms with Gasteiger partial charge in [-0.2, -0.15) is 0 Å². The lowest BCUT2D eigenvalue weighted by Gasteiger charge is -2.06. The summed E-state index contributed by atoms with van der Waals surface area (Å²) in [5.41, 5.74) is 0.588. The summed E-state index contributed by atoms with van der Waals surface area (Å²) in [5, 5.41) is 0. The summed E-state index contributed by atoms with van der Waals surface area (Å²) in [6.07, 6.45) is 0. The summed E-state index contributed by atoms with van der Waals surface area (Å²) >= 11 is 4.13.